The second-order valence-corrected chi connectivity index (χ2v) is 7.88. The third kappa shape index (κ3) is 4.97. The highest BCUT2D eigenvalue weighted by atomic mass is 35.5. The summed E-state index contributed by atoms with van der Waals surface area (Å²) in [5, 5.41) is 12.3. The van der Waals surface area contributed by atoms with Crippen molar-refractivity contribution in [3.63, 3.8) is 0 Å². The molecule has 3 aromatic rings. The number of anilines is 1. The molecule has 26 heavy (non-hydrogen) atoms. The average molecular weight is 406 g/mol. The lowest BCUT2D eigenvalue weighted by molar-refractivity contribution is 0.101. The molecule has 0 saturated heterocycles. The van der Waals surface area contributed by atoms with Crippen LogP contribution in [-0.2, 0) is 5.75 Å². The van der Waals surface area contributed by atoms with E-state index >= 15 is 0 Å². The molecule has 1 aromatic heterocycles. The lowest BCUT2D eigenvalue weighted by Crippen LogP contribution is -2.13. The van der Waals surface area contributed by atoms with Gasteiger partial charge in [-0.25, -0.2) is 0 Å². The molecule has 5 nitrogen and oxygen atoms in total. The maximum absolute atomic E-state index is 12.3. The van der Waals surface area contributed by atoms with Gasteiger partial charge in [-0.1, -0.05) is 65.0 Å². The summed E-state index contributed by atoms with van der Waals surface area (Å²) in [6.45, 7) is 0.126. The van der Waals surface area contributed by atoms with Gasteiger partial charge in [0.25, 0.3) is 0 Å². The molecular formula is C18H16ClN3O2S2. The summed E-state index contributed by atoms with van der Waals surface area (Å²) >= 11 is 9.11. The minimum atomic E-state index is -0.0803. The van der Waals surface area contributed by atoms with E-state index in [0.29, 0.717) is 21.5 Å². The summed E-state index contributed by atoms with van der Waals surface area (Å²) in [6, 6.07) is 15.1. The van der Waals surface area contributed by atoms with Crippen molar-refractivity contribution >= 4 is 45.6 Å². The standard InChI is InChI=1S/C18H16ClN3O2S2/c1-24-16-8-7-13(9-14(16)19)15(23)10-20-17-21-22-18(26-17)25-11-12-5-3-2-4-6-12/h2-9H,10-11H2,1H3,(H,20,21). The van der Waals surface area contributed by atoms with E-state index in [4.69, 9.17) is 16.3 Å². The molecule has 0 unspecified atom stereocenters. The molecule has 134 valence electrons. The van der Waals surface area contributed by atoms with E-state index in [-0.39, 0.29) is 12.3 Å². The van der Waals surface area contributed by atoms with Crippen LogP contribution in [0.4, 0.5) is 5.13 Å². The summed E-state index contributed by atoms with van der Waals surface area (Å²) in [5.74, 6) is 1.29. The third-order valence-corrected chi connectivity index (χ3v) is 5.87. The largest absolute Gasteiger partial charge is 0.495 e. The second kappa shape index (κ2) is 9.02. The Hall–Kier alpha value is -2.09. The predicted molar refractivity (Wildman–Crippen MR) is 107 cm³/mol. The average Bonchev–Trinajstić information content (AvgIpc) is 3.13. The van der Waals surface area contributed by atoms with Crippen LogP contribution < -0.4 is 10.1 Å². The van der Waals surface area contributed by atoms with Crippen molar-refractivity contribution in [2.24, 2.45) is 0 Å². The zero-order valence-electron chi connectivity index (χ0n) is 13.9. The van der Waals surface area contributed by atoms with E-state index in [2.05, 4.69) is 27.6 Å². The number of thioether (sulfide) groups is 1. The van der Waals surface area contributed by atoms with E-state index < -0.39 is 0 Å². The van der Waals surface area contributed by atoms with E-state index in [0.717, 1.165) is 10.1 Å². The number of hydrogen-bond acceptors (Lipinski definition) is 7. The molecule has 0 aliphatic heterocycles. The van der Waals surface area contributed by atoms with Gasteiger partial charge >= 0.3 is 0 Å². The minimum absolute atomic E-state index is 0.0803. The maximum atomic E-state index is 12.3. The van der Waals surface area contributed by atoms with Crippen molar-refractivity contribution in [3.05, 3.63) is 64.7 Å². The minimum Gasteiger partial charge on any atom is -0.495 e. The van der Waals surface area contributed by atoms with Crippen LogP contribution in [0.25, 0.3) is 0 Å². The first-order chi connectivity index (χ1) is 12.7. The Labute approximate surface area is 164 Å². The molecule has 0 amide bonds. The molecule has 0 spiro atoms. The molecule has 0 saturated carbocycles. The highest BCUT2D eigenvalue weighted by Gasteiger charge is 2.11. The number of aromatic nitrogens is 2. The molecule has 3 rings (SSSR count). The summed E-state index contributed by atoms with van der Waals surface area (Å²) in [4.78, 5) is 12.3. The van der Waals surface area contributed by atoms with Crippen LogP contribution in [0, 0.1) is 0 Å². The SMILES string of the molecule is COc1ccc(C(=O)CNc2nnc(SCc3ccccc3)s2)cc1Cl. The number of rotatable bonds is 8. The number of halogens is 1. The van der Waals surface area contributed by atoms with Crippen LogP contribution in [0.15, 0.2) is 52.9 Å². The van der Waals surface area contributed by atoms with Gasteiger partial charge in [0.1, 0.15) is 5.75 Å². The topological polar surface area (TPSA) is 64.1 Å². The molecule has 0 fully saturated rings. The van der Waals surface area contributed by atoms with Gasteiger partial charge in [-0.05, 0) is 23.8 Å². The van der Waals surface area contributed by atoms with Crippen molar-refractivity contribution in [1.82, 2.24) is 10.2 Å². The number of nitrogens with one attached hydrogen (secondary N) is 1. The van der Waals surface area contributed by atoms with Crippen molar-refractivity contribution in [2.45, 2.75) is 10.1 Å². The molecule has 0 aliphatic carbocycles. The number of ether oxygens (including phenoxy) is 1. The van der Waals surface area contributed by atoms with Crippen molar-refractivity contribution in [1.29, 1.82) is 0 Å². The van der Waals surface area contributed by atoms with Crippen LogP contribution in [0.3, 0.4) is 0 Å². The van der Waals surface area contributed by atoms with E-state index in [1.165, 1.54) is 24.0 Å². The summed E-state index contributed by atoms with van der Waals surface area (Å²) in [7, 11) is 1.53. The first-order valence-corrected chi connectivity index (χ1v) is 9.94. The fourth-order valence-corrected chi connectivity index (χ4v) is 4.12. The number of methoxy groups -OCH3 is 1. The Balaban J connectivity index is 1.52. The van der Waals surface area contributed by atoms with Crippen molar-refractivity contribution in [3.8, 4) is 5.75 Å². The Morgan fingerprint density at radius 1 is 1.23 bits per heavy atom. The Bertz CT molecular complexity index is 887. The van der Waals surface area contributed by atoms with Gasteiger partial charge in [0.05, 0.1) is 18.7 Å². The zero-order chi connectivity index (χ0) is 18.4. The lowest BCUT2D eigenvalue weighted by atomic mass is 10.1. The van der Waals surface area contributed by atoms with Gasteiger partial charge in [0, 0.05) is 11.3 Å². The Morgan fingerprint density at radius 2 is 2.04 bits per heavy atom. The van der Waals surface area contributed by atoms with Crippen molar-refractivity contribution in [2.75, 3.05) is 19.0 Å². The lowest BCUT2D eigenvalue weighted by Gasteiger charge is -2.06. The van der Waals surface area contributed by atoms with Crippen LogP contribution in [0.2, 0.25) is 5.02 Å². The number of carbonyl (C=O) groups is 1. The van der Waals surface area contributed by atoms with Gasteiger partial charge < -0.3 is 10.1 Å². The van der Waals surface area contributed by atoms with Crippen LogP contribution in [-0.4, -0.2) is 29.6 Å². The molecule has 2 aromatic carbocycles. The van der Waals surface area contributed by atoms with Crippen LogP contribution in [0.5, 0.6) is 5.75 Å². The van der Waals surface area contributed by atoms with Gasteiger partial charge in [-0.3, -0.25) is 4.79 Å². The fourth-order valence-electron chi connectivity index (χ4n) is 2.16. The number of hydrogen-bond donors (Lipinski definition) is 1. The molecule has 1 N–H and O–H groups in total. The van der Waals surface area contributed by atoms with Crippen molar-refractivity contribution < 1.29 is 9.53 Å². The van der Waals surface area contributed by atoms with E-state index in [1.807, 2.05) is 18.2 Å². The number of benzene rings is 2. The van der Waals surface area contributed by atoms with Crippen LogP contribution in [0.1, 0.15) is 15.9 Å². The highest BCUT2D eigenvalue weighted by Crippen LogP contribution is 2.28. The molecule has 1 heterocycles. The predicted octanol–water partition coefficient (Wildman–Crippen LogP) is 4.79. The van der Waals surface area contributed by atoms with Gasteiger partial charge in [0.2, 0.25) is 5.13 Å². The van der Waals surface area contributed by atoms with Gasteiger partial charge in [-0.15, -0.1) is 10.2 Å². The number of nitrogens with zero attached hydrogens (tertiary/aromatic N) is 2. The first kappa shape index (κ1) is 18.7. The third-order valence-electron chi connectivity index (χ3n) is 3.49. The molecule has 0 bridgehead atoms. The molecule has 0 aliphatic rings. The quantitative estimate of drug-likeness (QED) is 0.429. The second-order valence-electron chi connectivity index (χ2n) is 5.27. The monoisotopic (exact) mass is 405 g/mol. The maximum Gasteiger partial charge on any atom is 0.206 e. The van der Waals surface area contributed by atoms with Crippen LogP contribution >= 0.6 is 34.7 Å². The summed E-state index contributed by atoms with van der Waals surface area (Å²) in [5.41, 5.74) is 1.75. The van der Waals surface area contributed by atoms with E-state index in [1.54, 1.807) is 30.0 Å². The molecule has 8 heteroatoms. The molecule has 0 radical (unpaired) electrons. The normalized spacial score (nSPS) is 10.5. The zero-order valence-corrected chi connectivity index (χ0v) is 16.3. The number of ketones is 1. The number of Topliss-reactive ketones (excluding diaryl/α,β-unsaturated/α-hetero) is 1. The number of carbonyl (C=O) groups excluding carboxylic acids is 1. The Kier molecular flexibility index (Phi) is 6.49. The fraction of sp³-hybridized carbons (Fsp3) is 0.167. The van der Waals surface area contributed by atoms with Gasteiger partial charge in [-0.2, -0.15) is 0 Å². The Morgan fingerprint density at radius 3 is 2.77 bits per heavy atom. The summed E-state index contributed by atoms with van der Waals surface area (Å²) in [6.07, 6.45) is 0. The van der Waals surface area contributed by atoms with E-state index in [9.17, 15) is 4.79 Å². The summed E-state index contributed by atoms with van der Waals surface area (Å²) < 4.78 is 5.95. The van der Waals surface area contributed by atoms with Gasteiger partial charge in [0.15, 0.2) is 10.1 Å². The smallest absolute Gasteiger partial charge is 0.206 e. The molecular weight excluding hydrogens is 390 g/mol. The first-order valence-electron chi connectivity index (χ1n) is 7.76. The highest BCUT2D eigenvalue weighted by molar-refractivity contribution is 8.00. The molecule has 0 atom stereocenters.